The number of carbonyl (C=O) groups is 1. The van der Waals surface area contributed by atoms with Crippen molar-refractivity contribution < 1.29 is 18.7 Å². The van der Waals surface area contributed by atoms with Crippen molar-refractivity contribution in [2.45, 2.75) is 20.0 Å². The first kappa shape index (κ1) is 24.8. The van der Waals surface area contributed by atoms with E-state index in [1.54, 1.807) is 48.5 Å². The highest BCUT2D eigenvalue weighted by molar-refractivity contribution is 6.48. The molecule has 3 unspecified atom stereocenters. The molecule has 0 N–H and O–H groups in total. The minimum absolute atomic E-state index is 0.0627. The summed E-state index contributed by atoms with van der Waals surface area (Å²) in [6.45, 7) is 3.88. The van der Waals surface area contributed by atoms with Gasteiger partial charge in [0.15, 0.2) is 11.6 Å². The third-order valence-corrected chi connectivity index (χ3v) is 6.79. The van der Waals surface area contributed by atoms with Gasteiger partial charge in [0.05, 0.1) is 5.92 Å². The van der Waals surface area contributed by atoms with Gasteiger partial charge in [-0.1, -0.05) is 79.5 Å². The molecule has 3 aromatic carbocycles. The minimum Gasteiger partial charge on any atom is -0.454 e. The van der Waals surface area contributed by atoms with E-state index < -0.39 is 29.2 Å². The zero-order chi connectivity index (χ0) is 25.2. The highest BCUT2D eigenvalue weighted by Crippen LogP contribution is 2.60. The summed E-state index contributed by atoms with van der Waals surface area (Å²) in [4.78, 5) is 13.0. The van der Waals surface area contributed by atoms with E-state index in [1.807, 2.05) is 32.1 Å². The van der Waals surface area contributed by atoms with Crippen molar-refractivity contribution in [3.63, 3.8) is 0 Å². The lowest BCUT2D eigenvalue weighted by molar-refractivity contribution is -0.149. The van der Waals surface area contributed by atoms with Crippen molar-refractivity contribution in [1.29, 1.82) is 5.26 Å². The zero-order valence-electron chi connectivity index (χ0n) is 19.0. The number of benzene rings is 3. The van der Waals surface area contributed by atoms with Crippen LogP contribution >= 0.6 is 23.2 Å². The lowest BCUT2D eigenvalue weighted by Crippen LogP contribution is -2.14. The van der Waals surface area contributed by atoms with E-state index >= 15 is 0 Å². The van der Waals surface area contributed by atoms with Gasteiger partial charge in [-0.25, -0.2) is 4.39 Å². The summed E-state index contributed by atoms with van der Waals surface area (Å²) in [6, 6.07) is 21.7. The molecule has 0 aliphatic heterocycles. The highest BCUT2D eigenvalue weighted by Gasteiger charge is 2.62. The van der Waals surface area contributed by atoms with Crippen LogP contribution in [0.2, 0.25) is 5.02 Å². The van der Waals surface area contributed by atoms with Crippen LogP contribution in [0.5, 0.6) is 11.5 Å². The molecule has 7 heteroatoms. The van der Waals surface area contributed by atoms with E-state index in [2.05, 4.69) is 0 Å². The Morgan fingerprint density at radius 3 is 2.46 bits per heavy atom. The average Bonchev–Trinajstić information content (AvgIpc) is 3.39. The maximum atomic E-state index is 14.3. The Labute approximate surface area is 213 Å². The molecular formula is C28H22Cl2FNO3. The number of rotatable bonds is 7. The van der Waals surface area contributed by atoms with Gasteiger partial charge in [-0.2, -0.15) is 5.26 Å². The van der Waals surface area contributed by atoms with Crippen LogP contribution in [0.15, 0.2) is 78.9 Å². The van der Waals surface area contributed by atoms with Gasteiger partial charge in [-0.3, -0.25) is 4.79 Å². The van der Waals surface area contributed by atoms with Crippen LogP contribution in [-0.2, 0) is 9.53 Å². The van der Waals surface area contributed by atoms with Crippen molar-refractivity contribution in [3.8, 4) is 17.6 Å². The minimum atomic E-state index is -1.21. The molecule has 0 bridgehead atoms. The van der Waals surface area contributed by atoms with Crippen LogP contribution in [0.1, 0.15) is 31.1 Å². The first-order valence-electron chi connectivity index (χ1n) is 11.0. The van der Waals surface area contributed by atoms with Crippen LogP contribution in [0.25, 0.3) is 5.03 Å². The molecule has 1 aliphatic rings. The van der Waals surface area contributed by atoms with Crippen LogP contribution in [0, 0.1) is 34.4 Å². The molecule has 1 fully saturated rings. The van der Waals surface area contributed by atoms with Gasteiger partial charge >= 0.3 is 5.97 Å². The predicted molar refractivity (Wildman–Crippen MR) is 133 cm³/mol. The number of hydrogen-bond donors (Lipinski definition) is 0. The molecule has 0 saturated heterocycles. The molecular weight excluding hydrogens is 488 g/mol. The fourth-order valence-corrected chi connectivity index (χ4v) is 4.42. The first-order chi connectivity index (χ1) is 16.7. The summed E-state index contributed by atoms with van der Waals surface area (Å²) in [5, 5.41) is 10.8. The van der Waals surface area contributed by atoms with Crippen molar-refractivity contribution in [1.82, 2.24) is 0 Å². The Hall–Kier alpha value is -3.33. The Morgan fingerprint density at radius 2 is 1.80 bits per heavy atom. The third kappa shape index (κ3) is 5.51. The predicted octanol–water partition coefficient (Wildman–Crippen LogP) is 7.93. The average molecular weight is 510 g/mol. The van der Waals surface area contributed by atoms with E-state index in [-0.39, 0.29) is 11.7 Å². The fraction of sp³-hybridized carbons (Fsp3) is 0.214. The van der Waals surface area contributed by atoms with E-state index in [0.29, 0.717) is 21.4 Å². The van der Waals surface area contributed by atoms with Gasteiger partial charge in [0.25, 0.3) is 0 Å². The number of nitriles is 1. The third-order valence-electron chi connectivity index (χ3n) is 6.19. The molecule has 3 atom stereocenters. The van der Waals surface area contributed by atoms with Gasteiger partial charge in [-0.15, -0.1) is 0 Å². The maximum Gasteiger partial charge on any atom is 0.311 e. The summed E-state index contributed by atoms with van der Waals surface area (Å²) in [7, 11) is 0. The van der Waals surface area contributed by atoms with Crippen molar-refractivity contribution in [3.05, 3.63) is 101 Å². The molecule has 1 aliphatic carbocycles. The molecule has 178 valence electrons. The summed E-state index contributed by atoms with van der Waals surface area (Å²) >= 11 is 12.4. The second-order valence-corrected chi connectivity index (χ2v) is 9.74. The maximum absolute atomic E-state index is 14.3. The number of hydrogen-bond acceptors (Lipinski definition) is 4. The summed E-state index contributed by atoms with van der Waals surface area (Å²) in [6.07, 6.45) is 0.621. The largest absolute Gasteiger partial charge is 0.454 e. The quantitative estimate of drug-likeness (QED) is 0.303. The Morgan fingerprint density at radius 1 is 1.11 bits per heavy atom. The van der Waals surface area contributed by atoms with Crippen LogP contribution in [0.4, 0.5) is 4.39 Å². The second kappa shape index (κ2) is 10.1. The lowest BCUT2D eigenvalue weighted by Gasteiger charge is -2.14. The number of para-hydroxylation sites is 1. The van der Waals surface area contributed by atoms with Crippen LogP contribution in [0.3, 0.4) is 0 Å². The monoisotopic (exact) mass is 509 g/mol. The standard InChI is InChI=1S/C28H22Cl2FNO3/c1-28(2)21(15-22(30)17-8-11-19(29)12-9-17)26(28)27(33)35-25(16-32)18-10-13-23(31)24(14-18)34-20-6-4-3-5-7-20/h3-15,21,25-26H,1-2H3/b22-15+. The van der Waals surface area contributed by atoms with E-state index in [1.165, 1.54) is 18.2 Å². The first-order valence-corrected chi connectivity index (χ1v) is 11.7. The van der Waals surface area contributed by atoms with Crippen molar-refractivity contribution in [2.24, 2.45) is 17.3 Å². The number of nitrogens with zero attached hydrogens (tertiary/aromatic N) is 1. The molecule has 0 heterocycles. The van der Waals surface area contributed by atoms with Crippen molar-refractivity contribution in [2.75, 3.05) is 0 Å². The van der Waals surface area contributed by atoms with Gasteiger partial charge in [0.2, 0.25) is 6.10 Å². The number of ether oxygens (including phenoxy) is 2. The van der Waals surface area contributed by atoms with Gasteiger partial charge in [0, 0.05) is 15.6 Å². The Kier molecular flexibility index (Phi) is 7.16. The zero-order valence-corrected chi connectivity index (χ0v) is 20.6. The van der Waals surface area contributed by atoms with Crippen LogP contribution in [-0.4, -0.2) is 5.97 Å². The molecule has 0 amide bonds. The summed E-state index contributed by atoms with van der Waals surface area (Å²) < 4.78 is 25.5. The molecule has 0 aromatic heterocycles. The molecule has 4 rings (SSSR count). The van der Waals surface area contributed by atoms with E-state index in [9.17, 15) is 14.4 Å². The summed E-state index contributed by atoms with van der Waals surface area (Å²) in [5.41, 5.74) is 0.713. The fourth-order valence-electron chi connectivity index (χ4n) is 4.04. The normalized spacial score (nSPS) is 19.4. The lowest BCUT2D eigenvalue weighted by atomic mass is 10.1. The Bertz CT molecular complexity index is 1300. The topological polar surface area (TPSA) is 59.3 Å². The van der Waals surface area contributed by atoms with E-state index in [0.717, 1.165) is 5.56 Å². The molecule has 4 nitrogen and oxygen atoms in total. The molecule has 35 heavy (non-hydrogen) atoms. The molecule has 3 aromatic rings. The summed E-state index contributed by atoms with van der Waals surface area (Å²) in [5.74, 6) is -1.36. The van der Waals surface area contributed by atoms with Crippen molar-refractivity contribution >= 4 is 34.2 Å². The van der Waals surface area contributed by atoms with Gasteiger partial charge < -0.3 is 9.47 Å². The second-order valence-electron chi connectivity index (χ2n) is 8.90. The van der Waals surface area contributed by atoms with Gasteiger partial charge in [-0.05, 0) is 53.3 Å². The molecule has 0 radical (unpaired) electrons. The highest BCUT2D eigenvalue weighted by atomic mass is 35.5. The number of esters is 1. The Balaban J connectivity index is 1.49. The SMILES string of the molecule is CC1(C)C(/C=C(/Cl)c2ccc(Cl)cc2)C1C(=O)OC(C#N)c1ccc(F)c(Oc2ccccc2)c1. The smallest absolute Gasteiger partial charge is 0.311 e. The molecule has 0 spiro atoms. The van der Waals surface area contributed by atoms with Gasteiger partial charge in [0.1, 0.15) is 11.8 Å². The van der Waals surface area contributed by atoms with Crippen LogP contribution < -0.4 is 4.74 Å². The molecule has 1 saturated carbocycles. The number of carbonyl (C=O) groups excluding carboxylic acids is 1. The number of allylic oxidation sites excluding steroid dienone is 1. The van der Waals surface area contributed by atoms with E-state index in [4.69, 9.17) is 32.7 Å². The number of halogens is 3.